The van der Waals surface area contributed by atoms with Gasteiger partial charge in [0.1, 0.15) is 0 Å². The monoisotopic (exact) mass is 412 g/mol. The number of carbonyl (C=O) groups excluding carboxylic acids is 1. The van der Waals surface area contributed by atoms with Crippen LogP contribution in [0.2, 0.25) is 10.0 Å². The van der Waals surface area contributed by atoms with Crippen LogP contribution in [0, 0.1) is 0 Å². The third kappa shape index (κ3) is 4.36. The Morgan fingerprint density at radius 1 is 1.36 bits per heavy atom. The Balaban J connectivity index is 1.67. The SMILES string of the molecule is CC(Sc1nccn1C)C(=O)Nc1nc(-c2ccc(Cl)c(Cl)c2)cs1. The number of aromatic nitrogens is 3. The van der Waals surface area contributed by atoms with Crippen LogP contribution in [-0.4, -0.2) is 25.7 Å². The highest BCUT2D eigenvalue weighted by molar-refractivity contribution is 8.00. The van der Waals surface area contributed by atoms with Crippen molar-refractivity contribution >= 4 is 57.3 Å². The number of thioether (sulfide) groups is 1. The minimum Gasteiger partial charge on any atom is -0.329 e. The Morgan fingerprint density at radius 3 is 2.84 bits per heavy atom. The molecule has 1 unspecified atom stereocenters. The summed E-state index contributed by atoms with van der Waals surface area (Å²) in [7, 11) is 1.89. The number of aryl methyl sites for hydroxylation is 1. The number of halogens is 2. The lowest BCUT2D eigenvalue weighted by Crippen LogP contribution is -2.22. The second kappa shape index (κ2) is 7.78. The van der Waals surface area contributed by atoms with Crippen LogP contribution in [0.15, 0.2) is 41.1 Å². The van der Waals surface area contributed by atoms with Crippen LogP contribution in [0.1, 0.15) is 6.92 Å². The summed E-state index contributed by atoms with van der Waals surface area (Å²) in [5.41, 5.74) is 1.59. The minimum atomic E-state index is -0.293. The van der Waals surface area contributed by atoms with Gasteiger partial charge in [-0.3, -0.25) is 4.79 Å². The molecule has 3 rings (SSSR count). The molecule has 0 saturated carbocycles. The van der Waals surface area contributed by atoms with Crippen molar-refractivity contribution in [2.45, 2.75) is 17.3 Å². The molecule has 0 fully saturated rings. The molecule has 5 nitrogen and oxygen atoms in total. The molecule has 2 aromatic heterocycles. The third-order valence-corrected chi connectivity index (χ3v) is 6.05. The Morgan fingerprint density at radius 2 is 2.16 bits per heavy atom. The normalized spacial score (nSPS) is 12.2. The molecule has 2 heterocycles. The van der Waals surface area contributed by atoms with E-state index in [0.717, 1.165) is 16.4 Å². The van der Waals surface area contributed by atoms with Gasteiger partial charge < -0.3 is 9.88 Å². The fraction of sp³-hybridized carbons (Fsp3) is 0.188. The molecule has 1 atom stereocenters. The lowest BCUT2D eigenvalue weighted by atomic mass is 10.2. The predicted molar refractivity (Wildman–Crippen MR) is 105 cm³/mol. The van der Waals surface area contributed by atoms with E-state index in [0.29, 0.717) is 15.2 Å². The number of nitrogens with zero attached hydrogens (tertiary/aromatic N) is 3. The summed E-state index contributed by atoms with van der Waals surface area (Å²) < 4.78 is 1.88. The van der Waals surface area contributed by atoms with Crippen molar-refractivity contribution < 1.29 is 4.79 Å². The van der Waals surface area contributed by atoms with E-state index in [1.165, 1.54) is 23.1 Å². The van der Waals surface area contributed by atoms with Crippen LogP contribution < -0.4 is 5.32 Å². The van der Waals surface area contributed by atoms with Crippen LogP contribution in [0.5, 0.6) is 0 Å². The highest BCUT2D eigenvalue weighted by atomic mass is 35.5. The van der Waals surface area contributed by atoms with Gasteiger partial charge in [0.2, 0.25) is 5.91 Å². The topological polar surface area (TPSA) is 59.8 Å². The Labute approximate surface area is 163 Å². The zero-order valence-corrected chi connectivity index (χ0v) is 16.5. The highest BCUT2D eigenvalue weighted by Crippen LogP contribution is 2.31. The number of benzene rings is 1. The Kier molecular flexibility index (Phi) is 5.68. The summed E-state index contributed by atoms with van der Waals surface area (Å²) in [6.45, 7) is 1.84. The molecule has 1 aromatic carbocycles. The lowest BCUT2D eigenvalue weighted by molar-refractivity contribution is -0.115. The van der Waals surface area contributed by atoms with Crippen LogP contribution in [0.4, 0.5) is 5.13 Å². The van der Waals surface area contributed by atoms with Gasteiger partial charge >= 0.3 is 0 Å². The van der Waals surface area contributed by atoms with Crippen molar-refractivity contribution in [3.63, 3.8) is 0 Å². The van der Waals surface area contributed by atoms with Gasteiger partial charge in [0.15, 0.2) is 10.3 Å². The smallest absolute Gasteiger partial charge is 0.239 e. The zero-order valence-electron chi connectivity index (χ0n) is 13.4. The van der Waals surface area contributed by atoms with Crippen molar-refractivity contribution in [3.8, 4) is 11.3 Å². The summed E-state index contributed by atoms with van der Waals surface area (Å²) in [4.78, 5) is 21.0. The van der Waals surface area contributed by atoms with E-state index in [-0.39, 0.29) is 11.2 Å². The quantitative estimate of drug-likeness (QED) is 0.600. The van der Waals surface area contributed by atoms with Crippen LogP contribution >= 0.6 is 46.3 Å². The zero-order chi connectivity index (χ0) is 18.0. The molecule has 0 spiro atoms. The summed E-state index contributed by atoms with van der Waals surface area (Å²) in [5.74, 6) is -0.122. The average molecular weight is 413 g/mol. The van der Waals surface area contributed by atoms with Crippen LogP contribution in [-0.2, 0) is 11.8 Å². The first-order chi connectivity index (χ1) is 11.9. The van der Waals surface area contributed by atoms with E-state index in [9.17, 15) is 4.79 Å². The predicted octanol–water partition coefficient (Wildman–Crippen LogP) is 4.97. The van der Waals surface area contributed by atoms with Crippen LogP contribution in [0.25, 0.3) is 11.3 Å². The fourth-order valence-corrected chi connectivity index (χ4v) is 3.86. The summed E-state index contributed by atoms with van der Waals surface area (Å²) >= 11 is 14.7. The molecule has 3 aromatic rings. The van der Waals surface area contributed by atoms with Gasteiger partial charge in [-0.25, -0.2) is 9.97 Å². The summed E-state index contributed by atoms with van der Waals surface area (Å²) in [5, 5.41) is 6.71. The molecule has 0 bridgehead atoms. The number of imidazole rings is 1. The van der Waals surface area contributed by atoms with Gasteiger partial charge in [0, 0.05) is 30.4 Å². The van der Waals surface area contributed by atoms with Gasteiger partial charge in [0.05, 0.1) is 21.0 Å². The van der Waals surface area contributed by atoms with E-state index in [1.807, 2.05) is 36.2 Å². The van der Waals surface area contributed by atoms with Gasteiger partial charge in [-0.05, 0) is 19.1 Å². The van der Waals surface area contributed by atoms with Crippen molar-refractivity contribution in [1.29, 1.82) is 0 Å². The van der Waals surface area contributed by atoms with Crippen LogP contribution in [0.3, 0.4) is 0 Å². The Bertz CT molecular complexity index is 909. The largest absolute Gasteiger partial charge is 0.329 e. The first kappa shape index (κ1) is 18.3. The van der Waals surface area contributed by atoms with Gasteiger partial charge in [0.25, 0.3) is 0 Å². The number of nitrogens with one attached hydrogen (secondary N) is 1. The number of anilines is 1. The molecule has 25 heavy (non-hydrogen) atoms. The molecule has 0 aliphatic carbocycles. The number of hydrogen-bond acceptors (Lipinski definition) is 5. The summed E-state index contributed by atoms with van der Waals surface area (Å²) in [6, 6.07) is 5.32. The first-order valence-corrected chi connectivity index (χ1v) is 9.81. The number of hydrogen-bond donors (Lipinski definition) is 1. The van der Waals surface area contributed by atoms with E-state index in [2.05, 4.69) is 15.3 Å². The lowest BCUT2D eigenvalue weighted by Gasteiger charge is -2.09. The maximum Gasteiger partial charge on any atom is 0.239 e. The van der Waals surface area contributed by atoms with Gasteiger partial charge in [-0.15, -0.1) is 11.3 Å². The first-order valence-electron chi connectivity index (χ1n) is 7.30. The Hall–Kier alpha value is -1.54. The third-order valence-electron chi connectivity index (χ3n) is 3.38. The second-order valence-corrected chi connectivity index (χ2v) is 8.22. The molecule has 0 saturated heterocycles. The second-order valence-electron chi connectivity index (χ2n) is 5.24. The number of thiazole rings is 1. The molecule has 1 amide bonds. The highest BCUT2D eigenvalue weighted by Gasteiger charge is 2.18. The minimum absolute atomic E-state index is 0.122. The molecule has 9 heteroatoms. The molecule has 0 aliphatic heterocycles. The van der Waals surface area contributed by atoms with E-state index in [4.69, 9.17) is 23.2 Å². The fourth-order valence-electron chi connectivity index (χ4n) is 2.00. The number of carbonyl (C=O) groups is 1. The van der Waals surface area contributed by atoms with Crippen molar-refractivity contribution in [2.75, 3.05) is 5.32 Å². The van der Waals surface area contributed by atoms with Crippen molar-refractivity contribution in [3.05, 3.63) is 46.0 Å². The maximum atomic E-state index is 12.4. The number of amides is 1. The number of rotatable bonds is 5. The van der Waals surface area contributed by atoms with Gasteiger partial charge in [-0.1, -0.05) is 41.0 Å². The average Bonchev–Trinajstić information content (AvgIpc) is 3.20. The molecular formula is C16H14Cl2N4OS2. The molecule has 0 aliphatic rings. The summed E-state index contributed by atoms with van der Waals surface area (Å²) in [6.07, 6.45) is 3.55. The molecule has 130 valence electrons. The van der Waals surface area contributed by atoms with E-state index < -0.39 is 0 Å². The molecule has 1 N–H and O–H groups in total. The molecular weight excluding hydrogens is 399 g/mol. The van der Waals surface area contributed by atoms with E-state index in [1.54, 1.807) is 18.3 Å². The van der Waals surface area contributed by atoms with E-state index >= 15 is 0 Å². The standard InChI is InChI=1S/C16H14Cl2N4OS2/c1-9(25-16-19-5-6-22(16)2)14(23)21-15-20-13(8-24-15)10-3-4-11(17)12(18)7-10/h3-9H,1-2H3,(H,20,21,23). The van der Waals surface area contributed by atoms with Gasteiger partial charge in [-0.2, -0.15) is 0 Å². The van der Waals surface area contributed by atoms with Crippen molar-refractivity contribution in [2.24, 2.45) is 7.05 Å². The molecule has 0 radical (unpaired) electrons. The van der Waals surface area contributed by atoms with Crippen molar-refractivity contribution in [1.82, 2.24) is 14.5 Å². The maximum absolute atomic E-state index is 12.4.